The Morgan fingerprint density at radius 3 is 2.58 bits per heavy atom. The zero-order valence-corrected chi connectivity index (χ0v) is 8.08. The lowest BCUT2D eigenvalue weighted by atomic mass is 10.5. The molecule has 0 fully saturated rings. The molecule has 12 heavy (non-hydrogen) atoms. The van der Waals surface area contributed by atoms with Crippen molar-refractivity contribution in [3.8, 4) is 0 Å². The van der Waals surface area contributed by atoms with E-state index in [0.29, 0.717) is 0 Å². The first-order chi connectivity index (χ1) is 5.40. The van der Waals surface area contributed by atoms with Gasteiger partial charge in [0.2, 0.25) is 7.37 Å². The van der Waals surface area contributed by atoms with E-state index in [-0.39, 0.29) is 12.6 Å². The average molecular weight is 195 g/mol. The van der Waals surface area contributed by atoms with Gasteiger partial charge in [-0.3, -0.25) is 9.36 Å². The minimum Gasteiger partial charge on any atom is -0.469 e. The fourth-order valence-electron chi connectivity index (χ4n) is 0.557. The molecule has 0 aliphatic carbocycles. The van der Waals surface area contributed by atoms with E-state index in [9.17, 15) is 9.36 Å². The van der Waals surface area contributed by atoms with Crippen LogP contribution in [0.4, 0.5) is 0 Å². The number of esters is 1. The van der Waals surface area contributed by atoms with Crippen LogP contribution in [0.25, 0.3) is 0 Å². The van der Waals surface area contributed by atoms with Crippen molar-refractivity contribution in [3.63, 3.8) is 0 Å². The van der Waals surface area contributed by atoms with Gasteiger partial charge >= 0.3 is 5.97 Å². The van der Waals surface area contributed by atoms with Gasteiger partial charge in [0.15, 0.2) is 0 Å². The summed E-state index contributed by atoms with van der Waals surface area (Å²) >= 11 is 0. The quantitative estimate of drug-likeness (QED) is 0.491. The largest absolute Gasteiger partial charge is 0.469 e. The minimum atomic E-state index is -3.35. The van der Waals surface area contributed by atoms with Gasteiger partial charge in [-0.1, -0.05) is 0 Å². The second-order valence-electron chi connectivity index (χ2n) is 2.55. The molecule has 0 bridgehead atoms. The second-order valence-corrected chi connectivity index (χ2v) is 5.32. The van der Waals surface area contributed by atoms with Crippen LogP contribution in [0.1, 0.15) is 13.3 Å². The lowest BCUT2D eigenvalue weighted by Gasteiger charge is -2.13. The van der Waals surface area contributed by atoms with E-state index in [1.807, 2.05) is 0 Å². The molecule has 0 amide bonds. The number of hydrogen-bond donors (Lipinski definition) is 2. The third-order valence-electron chi connectivity index (χ3n) is 1.50. The van der Waals surface area contributed by atoms with Crippen molar-refractivity contribution in [2.75, 3.05) is 13.3 Å². The Morgan fingerprint density at radius 1 is 1.75 bits per heavy atom. The van der Waals surface area contributed by atoms with Gasteiger partial charge in [0.25, 0.3) is 0 Å². The fourth-order valence-corrected chi connectivity index (χ4v) is 1.47. The molecule has 0 radical (unpaired) electrons. The second kappa shape index (κ2) is 4.60. The summed E-state index contributed by atoms with van der Waals surface area (Å²) in [7, 11) is -2.12. The van der Waals surface area contributed by atoms with Gasteiger partial charge in [0.05, 0.1) is 19.3 Å². The van der Waals surface area contributed by atoms with Crippen LogP contribution in [0.3, 0.4) is 0 Å². The minimum absolute atomic E-state index is 0.0637. The molecule has 0 aromatic carbocycles. The van der Waals surface area contributed by atoms with Gasteiger partial charge in [-0.15, -0.1) is 0 Å². The van der Waals surface area contributed by atoms with Crippen LogP contribution in [-0.2, 0) is 14.1 Å². The van der Waals surface area contributed by atoms with Gasteiger partial charge in [-0.25, -0.2) is 0 Å². The van der Waals surface area contributed by atoms with Gasteiger partial charge < -0.3 is 15.4 Å². The van der Waals surface area contributed by atoms with Crippen LogP contribution in [0, 0.1) is 0 Å². The Balaban J connectivity index is 3.93. The Kier molecular flexibility index (Phi) is 4.45. The molecule has 0 saturated heterocycles. The van der Waals surface area contributed by atoms with Crippen molar-refractivity contribution in [2.24, 2.45) is 5.73 Å². The molecule has 2 unspecified atom stereocenters. The van der Waals surface area contributed by atoms with E-state index in [0.717, 1.165) is 0 Å². The summed E-state index contributed by atoms with van der Waals surface area (Å²) in [6.45, 7) is 1.44. The standard InChI is InChI=1S/C6H14NO4P/c1-5(7)12(9,10)4-3-6(8)11-2/h5H,3-4,7H2,1-2H3,(H,9,10). The maximum absolute atomic E-state index is 11.2. The van der Waals surface area contributed by atoms with E-state index in [2.05, 4.69) is 4.74 Å². The molecular formula is C6H14NO4P. The predicted molar refractivity (Wildman–Crippen MR) is 45.0 cm³/mol. The van der Waals surface area contributed by atoms with E-state index in [1.165, 1.54) is 14.0 Å². The van der Waals surface area contributed by atoms with Crippen LogP contribution in [0.2, 0.25) is 0 Å². The molecule has 0 heterocycles. The first-order valence-electron chi connectivity index (χ1n) is 3.54. The maximum atomic E-state index is 11.2. The topological polar surface area (TPSA) is 89.6 Å². The van der Waals surface area contributed by atoms with E-state index in [1.54, 1.807) is 0 Å². The predicted octanol–water partition coefficient (Wildman–Crippen LogP) is 0.125. The first kappa shape index (κ1) is 11.6. The normalized spacial score (nSPS) is 18.0. The smallest absolute Gasteiger partial charge is 0.306 e. The zero-order valence-electron chi connectivity index (χ0n) is 7.19. The molecule has 0 saturated carbocycles. The summed E-state index contributed by atoms with van der Waals surface area (Å²) in [4.78, 5) is 19.7. The van der Waals surface area contributed by atoms with Crippen LogP contribution in [0.5, 0.6) is 0 Å². The van der Waals surface area contributed by atoms with E-state index < -0.39 is 19.1 Å². The number of carbonyl (C=O) groups excluding carboxylic acids is 1. The summed E-state index contributed by atoms with van der Waals surface area (Å²) in [5.41, 5.74) is 5.23. The van der Waals surface area contributed by atoms with Crippen molar-refractivity contribution in [1.29, 1.82) is 0 Å². The molecule has 0 aromatic heterocycles. The first-order valence-corrected chi connectivity index (χ1v) is 5.45. The summed E-state index contributed by atoms with van der Waals surface area (Å²) < 4.78 is 15.5. The fraction of sp³-hybridized carbons (Fsp3) is 0.833. The van der Waals surface area contributed by atoms with Crippen LogP contribution in [0.15, 0.2) is 0 Å². The van der Waals surface area contributed by atoms with Crippen LogP contribution >= 0.6 is 7.37 Å². The SMILES string of the molecule is COC(=O)CCP(=O)(O)C(C)N. The number of ether oxygens (including phenoxy) is 1. The van der Waals surface area contributed by atoms with Crippen molar-refractivity contribution in [3.05, 3.63) is 0 Å². The Bertz CT molecular complexity index is 204. The highest BCUT2D eigenvalue weighted by Gasteiger charge is 2.24. The maximum Gasteiger partial charge on any atom is 0.306 e. The number of nitrogens with two attached hydrogens (primary N) is 1. The molecule has 72 valence electrons. The van der Waals surface area contributed by atoms with Gasteiger partial charge in [-0.05, 0) is 6.92 Å². The van der Waals surface area contributed by atoms with Crippen LogP contribution < -0.4 is 5.73 Å². The average Bonchev–Trinajstić information content (AvgIpc) is 2.00. The summed E-state index contributed by atoms with van der Waals surface area (Å²) in [5, 5.41) is 0. The van der Waals surface area contributed by atoms with E-state index >= 15 is 0 Å². The van der Waals surface area contributed by atoms with Crippen molar-refractivity contribution < 1.29 is 19.0 Å². The third-order valence-corrected chi connectivity index (χ3v) is 3.64. The Hall–Kier alpha value is -0.380. The summed E-state index contributed by atoms with van der Waals surface area (Å²) in [6.07, 6.45) is -0.177. The molecule has 0 rings (SSSR count). The molecule has 5 nitrogen and oxygen atoms in total. The molecular weight excluding hydrogens is 181 g/mol. The van der Waals surface area contributed by atoms with Gasteiger partial charge in [0, 0.05) is 6.16 Å². The third kappa shape index (κ3) is 3.85. The molecule has 0 aliphatic heterocycles. The van der Waals surface area contributed by atoms with Crippen molar-refractivity contribution in [1.82, 2.24) is 0 Å². The van der Waals surface area contributed by atoms with Gasteiger partial charge in [0.1, 0.15) is 0 Å². The zero-order chi connectivity index (χ0) is 9.78. The number of rotatable bonds is 4. The van der Waals surface area contributed by atoms with Gasteiger partial charge in [-0.2, -0.15) is 0 Å². The highest BCUT2D eigenvalue weighted by molar-refractivity contribution is 7.58. The summed E-state index contributed by atoms with van der Waals surface area (Å²) in [6, 6.07) is 0. The highest BCUT2D eigenvalue weighted by atomic mass is 31.2. The number of carbonyl (C=O) groups is 1. The number of hydrogen-bond acceptors (Lipinski definition) is 4. The number of methoxy groups -OCH3 is 1. The molecule has 3 N–H and O–H groups in total. The molecule has 0 aliphatic rings. The molecule has 0 aromatic rings. The van der Waals surface area contributed by atoms with Crippen molar-refractivity contribution >= 4 is 13.3 Å². The summed E-state index contributed by atoms with van der Waals surface area (Å²) in [5.74, 6) is -1.29. The monoisotopic (exact) mass is 195 g/mol. The lowest BCUT2D eigenvalue weighted by Crippen LogP contribution is -2.18. The highest BCUT2D eigenvalue weighted by Crippen LogP contribution is 2.43. The van der Waals surface area contributed by atoms with E-state index in [4.69, 9.17) is 10.6 Å². The molecule has 2 atom stereocenters. The van der Waals surface area contributed by atoms with Crippen molar-refractivity contribution in [2.45, 2.75) is 19.1 Å². The van der Waals surface area contributed by atoms with Crippen LogP contribution in [-0.4, -0.2) is 29.9 Å². The lowest BCUT2D eigenvalue weighted by molar-refractivity contribution is -0.140. The Labute approximate surface area is 71.3 Å². The Morgan fingerprint density at radius 2 is 2.25 bits per heavy atom. The molecule has 6 heteroatoms. The molecule has 0 spiro atoms.